The number of nitrogens with one attached hydrogen (secondary N) is 1. The second-order valence-corrected chi connectivity index (χ2v) is 7.64. The van der Waals surface area contributed by atoms with E-state index in [1.165, 1.54) is 42.5 Å². The van der Waals surface area contributed by atoms with E-state index in [1.807, 2.05) is 0 Å². The Hall–Kier alpha value is -2.42. The summed E-state index contributed by atoms with van der Waals surface area (Å²) < 4.78 is 13.5. The second-order valence-electron chi connectivity index (χ2n) is 5.53. The van der Waals surface area contributed by atoms with Gasteiger partial charge >= 0.3 is 0 Å². The third-order valence-corrected chi connectivity index (χ3v) is 5.17. The van der Waals surface area contributed by atoms with E-state index in [0.29, 0.717) is 15.5 Å². The Balaban J connectivity index is 1.72. The van der Waals surface area contributed by atoms with E-state index >= 15 is 0 Å². The molecular formula is C18H12ClFN2O3S2. The smallest absolute Gasteiger partial charge is 0.266 e. The van der Waals surface area contributed by atoms with Crippen LogP contribution in [0.1, 0.15) is 5.56 Å². The van der Waals surface area contributed by atoms with Gasteiger partial charge in [0.05, 0.1) is 10.6 Å². The summed E-state index contributed by atoms with van der Waals surface area (Å²) in [7, 11) is 0. The maximum atomic E-state index is 13.3. The van der Waals surface area contributed by atoms with Gasteiger partial charge in [-0.25, -0.2) is 4.39 Å². The van der Waals surface area contributed by atoms with Crippen LogP contribution in [-0.4, -0.2) is 32.7 Å². The van der Waals surface area contributed by atoms with E-state index in [9.17, 15) is 19.1 Å². The van der Waals surface area contributed by atoms with Gasteiger partial charge in [0, 0.05) is 5.02 Å². The van der Waals surface area contributed by atoms with Crippen molar-refractivity contribution in [1.82, 2.24) is 4.90 Å². The number of nitrogens with zero attached hydrogens (tertiary/aromatic N) is 1. The van der Waals surface area contributed by atoms with Crippen molar-refractivity contribution in [2.75, 3.05) is 11.9 Å². The van der Waals surface area contributed by atoms with Gasteiger partial charge in [0.25, 0.3) is 5.91 Å². The first-order valence-corrected chi connectivity index (χ1v) is 9.23. The minimum Gasteiger partial charge on any atom is -0.506 e. The van der Waals surface area contributed by atoms with Crippen LogP contribution in [0, 0.1) is 5.82 Å². The number of aromatic hydroxyl groups is 1. The maximum absolute atomic E-state index is 13.3. The van der Waals surface area contributed by atoms with Crippen molar-refractivity contribution >= 4 is 63.5 Å². The number of phenols is 1. The number of halogens is 2. The van der Waals surface area contributed by atoms with E-state index in [-0.39, 0.29) is 22.3 Å². The van der Waals surface area contributed by atoms with Crippen molar-refractivity contribution in [2.24, 2.45) is 0 Å². The third kappa shape index (κ3) is 4.65. The normalized spacial score (nSPS) is 15.5. The number of carbonyl (C=O) groups excluding carboxylic acids is 2. The summed E-state index contributed by atoms with van der Waals surface area (Å²) in [5.74, 6) is -1.56. The van der Waals surface area contributed by atoms with Crippen LogP contribution in [-0.2, 0) is 9.59 Å². The van der Waals surface area contributed by atoms with E-state index in [1.54, 1.807) is 6.07 Å². The van der Waals surface area contributed by atoms with Gasteiger partial charge in [-0.3, -0.25) is 14.5 Å². The molecule has 0 aliphatic carbocycles. The number of rotatable bonds is 4. The molecule has 0 spiro atoms. The molecule has 0 aromatic heterocycles. The highest BCUT2D eigenvalue weighted by Crippen LogP contribution is 2.33. The van der Waals surface area contributed by atoms with Crippen LogP contribution in [0.2, 0.25) is 5.02 Å². The molecule has 27 heavy (non-hydrogen) atoms. The molecule has 5 nitrogen and oxygen atoms in total. The highest BCUT2D eigenvalue weighted by atomic mass is 35.5. The van der Waals surface area contributed by atoms with Crippen LogP contribution in [0.25, 0.3) is 6.08 Å². The highest BCUT2D eigenvalue weighted by molar-refractivity contribution is 8.26. The van der Waals surface area contributed by atoms with Crippen LogP contribution in [0.4, 0.5) is 10.1 Å². The first-order valence-electron chi connectivity index (χ1n) is 7.63. The minimum absolute atomic E-state index is 0.133. The lowest BCUT2D eigenvalue weighted by Crippen LogP contribution is -2.36. The number of thiocarbonyl (C=S) groups is 1. The van der Waals surface area contributed by atoms with Gasteiger partial charge in [0.1, 0.15) is 22.4 Å². The second kappa shape index (κ2) is 8.08. The number of benzene rings is 2. The average Bonchev–Trinajstić information content (AvgIpc) is 2.86. The lowest BCUT2D eigenvalue weighted by atomic mass is 10.2. The van der Waals surface area contributed by atoms with Gasteiger partial charge in [-0.2, -0.15) is 0 Å². The van der Waals surface area contributed by atoms with Crippen molar-refractivity contribution < 1.29 is 19.1 Å². The molecule has 2 aromatic carbocycles. The van der Waals surface area contributed by atoms with Gasteiger partial charge in [0.2, 0.25) is 5.91 Å². The van der Waals surface area contributed by atoms with Crippen LogP contribution < -0.4 is 5.32 Å². The molecule has 138 valence electrons. The number of anilines is 1. The quantitative estimate of drug-likeness (QED) is 0.442. The van der Waals surface area contributed by atoms with Crippen molar-refractivity contribution in [2.45, 2.75) is 0 Å². The standard InChI is InChI=1S/C18H12ClFN2O3S2/c19-11-4-5-14(23)13(8-11)21-16(24)9-22-17(25)15(27-18(22)26)7-10-2-1-3-12(20)6-10/h1-8,23H,9H2,(H,21,24)/b15-7-. The van der Waals surface area contributed by atoms with Gasteiger partial charge in [-0.05, 0) is 42.0 Å². The number of amides is 2. The lowest BCUT2D eigenvalue weighted by molar-refractivity contribution is -0.126. The first kappa shape index (κ1) is 19.3. The zero-order valence-corrected chi connectivity index (χ0v) is 16.0. The number of hydrogen-bond donors (Lipinski definition) is 2. The van der Waals surface area contributed by atoms with Gasteiger partial charge < -0.3 is 10.4 Å². The monoisotopic (exact) mass is 422 g/mol. The third-order valence-electron chi connectivity index (χ3n) is 3.55. The molecule has 0 radical (unpaired) electrons. The predicted octanol–water partition coefficient (Wildman–Crippen LogP) is 4.02. The molecule has 1 heterocycles. The molecule has 0 unspecified atom stereocenters. The highest BCUT2D eigenvalue weighted by Gasteiger charge is 2.33. The zero-order chi connectivity index (χ0) is 19.6. The lowest BCUT2D eigenvalue weighted by Gasteiger charge is -2.14. The Morgan fingerprint density at radius 1 is 1.33 bits per heavy atom. The number of thioether (sulfide) groups is 1. The molecule has 1 aliphatic rings. The van der Waals surface area contributed by atoms with Crippen molar-refractivity contribution in [3.05, 3.63) is 63.8 Å². The molecule has 1 aliphatic heterocycles. The largest absolute Gasteiger partial charge is 0.506 e. The number of hydrogen-bond acceptors (Lipinski definition) is 5. The molecule has 1 fully saturated rings. The van der Waals surface area contributed by atoms with Crippen LogP contribution in [0.3, 0.4) is 0 Å². The van der Waals surface area contributed by atoms with E-state index in [4.69, 9.17) is 23.8 Å². The molecule has 0 bridgehead atoms. The summed E-state index contributed by atoms with van der Waals surface area (Å²) in [6.07, 6.45) is 1.52. The minimum atomic E-state index is -0.545. The van der Waals surface area contributed by atoms with E-state index in [2.05, 4.69) is 5.32 Å². The molecule has 2 aromatic rings. The molecule has 9 heteroatoms. The summed E-state index contributed by atoms with van der Waals surface area (Å²) in [4.78, 5) is 26.2. The van der Waals surface area contributed by atoms with Crippen molar-refractivity contribution in [1.29, 1.82) is 0 Å². The topological polar surface area (TPSA) is 69.6 Å². The van der Waals surface area contributed by atoms with Crippen LogP contribution >= 0.6 is 35.6 Å². The van der Waals surface area contributed by atoms with Crippen LogP contribution in [0.5, 0.6) is 5.75 Å². The zero-order valence-electron chi connectivity index (χ0n) is 13.6. The Morgan fingerprint density at radius 3 is 2.85 bits per heavy atom. The number of phenolic OH excluding ortho intramolecular Hbond substituents is 1. The van der Waals surface area contributed by atoms with Gasteiger partial charge in [-0.15, -0.1) is 0 Å². The van der Waals surface area contributed by atoms with Crippen LogP contribution in [0.15, 0.2) is 47.4 Å². The fraction of sp³-hybridized carbons (Fsp3) is 0.0556. The Kier molecular flexibility index (Phi) is 5.79. The molecule has 2 N–H and O–H groups in total. The average molecular weight is 423 g/mol. The number of carbonyl (C=O) groups is 2. The van der Waals surface area contributed by atoms with Crippen molar-refractivity contribution in [3.8, 4) is 5.75 Å². The van der Waals surface area contributed by atoms with Crippen molar-refractivity contribution in [3.63, 3.8) is 0 Å². The summed E-state index contributed by atoms with van der Waals surface area (Å²) in [5, 5.41) is 12.6. The maximum Gasteiger partial charge on any atom is 0.266 e. The predicted molar refractivity (Wildman–Crippen MR) is 108 cm³/mol. The summed E-state index contributed by atoms with van der Waals surface area (Å²) in [6, 6.07) is 10.0. The summed E-state index contributed by atoms with van der Waals surface area (Å²) in [6.45, 7) is -0.322. The molecule has 0 atom stereocenters. The Morgan fingerprint density at radius 2 is 2.11 bits per heavy atom. The first-order chi connectivity index (χ1) is 12.8. The molecule has 2 amide bonds. The SMILES string of the molecule is O=C(CN1C(=O)/C(=C/c2cccc(F)c2)SC1=S)Nc1cc(Cl)ccc1O. The molecule has 3 rings (SSSR count). The molecule has 0 saturated carbocycles. The fourth-order valence-corrected chi connectivity index (χ4v) is 3.75. The Labute approximate surface area is 168 Å². The summed E-state index contributed by atoms with van der Waals surface area (Å²) >= 11 is 12.0. The molecular weight excluding hydrogens is 411 g/mol. The van der Waals surface area contributed by atoms with Gasteiger partial charge in [-0.1, -0.05) is 47.7 Å². The Bertz CT molecular complexity index is 981. The summed E-state index contributed by atoms with van der Waals surface area (Å²) in [5.41, 5.74) is 0.650. The molecule has 1 saturated heterocycles. The van der Waals surface area contributed by atoms with Gasteiger partial charge in [0.15, 0.2) is 0 Å². The van der Waals surface area contributed by atoms with E-state index in [0.717, 1.165) is 16.7 Å². The fourth-order valence-electron chi connectivity index (χ4n) is 2.33. The van der Waals surface area contributed by atoms with E-state index < -0.39 is 17.6 Å².